The second-order valence-corrected chi connectivity index (χ2v) is 4.70. The number of likely N-dealkylation sites (N-methyl/N-ethyl adjacent to an activating group) is 1. The fourth-order valence-electron chi connectivity index (χ4n) is 1.64. The lowest BCUT2D eigenvalue weighted by Crippen LogP contribution is -2.39. The molecule has 1 aromatic rings. The van der Waals surface area contributed by atoms with Crippen LogP contribution in [-0.2, 0) is 9.59 Å². The van der Waals surface area contributed by atoms with Gasteiger partial charge in [-0.05, 0) is 25.6 Å². The maximum absolute atomic E-state index is 13.0. The zero-order valence-corrected chi connectivity index (χ0v) is 12.1. The summed E-state index contributed by atoms with van der Waals surface area (Å²) in [7, 11) is 1.62. The fourth-order valence-corrected chi connectivity index (χ4v) is 1.64. The number of anilines is 1. The summed E-state index contributed by atoms with van der Waals surface area (Å²) in [6, 6.07) is 3.11. The molecule has 1 aromatic carbocycles. The van der Waals surface area contributed by atoms with E-state index in [4.69, 9.17) is 0 Å². The van der Waals surface area contributed by atoms with Gasteiger partial charge in [0.1, 0.15) is 0 Å². The van der Waals surface area contributed by atoms with Gasteiger partial charge in [0, 0.05) is 18.3 Å². The van der Waals surface area contributed by atoms with Crippen LogP contribution in [0.3, 0.4) is 0 Å². The quantitative estimate of drug-likeness (QED) is 0.799. The van der Waals surface area contributed by atoms with Crippen molar-refractivity contribution in [2.45, 2.75) is 13.3 Å². The summed E-state index contributed by atoms with van der Waals surface area (Å²) < 4.78 is 25.7. The Balaban J connectivity index is 2.42. The molecule has 0 aliphatic carbocycles. The third-order valence-corrected chi connectivity index (χ3v) is 2.60. The van der Waals surface area contributed by atoms with E-state index in [1.807, 2.05) is 6.92 Å². The van der Waals surface area contributed by atoms with Gasteiger partial charge in [-0.3, -0.25) is 14.5 Å². The molecule has 1 rings (SSSR count). The summed E-state index contributed by atoms with van der Waals surface area (Å²) in [5.74, 6) is -2.58. The van der Waals surface area contributed by atoms with Gasteiger partial charge in [-0.25, -0.2) is 8.78 Å². The topological polar surface area (TPSA) is 61.4 Å². The molecule has 0 aromatic heterocycles. The number of rotatable bonds is 7. The average Bonchev–Trinajstić information content (AvgIpc) is 2.40. The number of carbonyl (C=O) groups excluding carboxylic acids is 2. The highest BCUT2D eigenvalue weighted by Crippen LogP contribution is 2.12. The van der Waals surface area contributed by atoms with Crippen LogP contribution in [0.1, 0.15) is 13.3 Å². The third kappa shape index (κ3) is 6.31. The first-order valence-corrected chi connectivity index (χ1v) is 6.62. The molecule has 2 amide bonds. The Morgan fingerprint density at radius 1 is 1.14 bits per heavy atom. The largest absolute Gasteiger partial charge is 0.355 e. The molecule has 5 nitrogen and oxygen atoms in total. The number of hydrogen-bond acceptors (Lipinski definition) is 3. The first kappa shape index (κ1) is 17.0. The van der Waals surface area contributed by atoms with Gasteiger partial charge in [0.15, 0.2) is 11.6 Å². The van der Waals surface area contributed by atoms with E-state index in [0.29, 0.717) is 6.54 Å². The number of nitrogens with one attached hydrogen (secondary N) is 2. The molecule has 2 N–H and O–H groups in total. The highest BCUT2D eigenvalue weighted by atomic mass is 19.2. The van der Waals surface area contributed by atoms with E-state index >= 15 is 0 Å². The Kier molecular flexibility index (Phi) is 6.74. The zero-order chi connectivity index (χ0) is 15.8. The molecule has 0 atom stereocenters. The normalized spacial score (nSPS) is 10.5. The van der Waals surface area contributed by atoms with Crippen LogP contribution in [0.2, 0.25) is 0 Å². The minimum atomic E-state index is -1.03. The summed E-state index contributed by atoms with van der Waals surface area (Å²) in [6.45, 7) is 2.59. The van der Waals surface area contributed by atoms with E-state index in [1.54, 1.807) is 7.05 Å². The molecule has 21 heavy (non-hydrogen) atoms. The first-order valence-electron chi connectivity index (χ1n) is 6.62. The Hall–Kier alpha value is -2.02. The summed E-state index contributed by atoms with van der Waals surface area (Å²) >= 11 is 0. The Bertz CT molecular complexity index is 509. The first-order chi connectivity index (χ1) is 9.92. The number of carbonyl (C=O) groups is 2. The number of benzene rings is 1. The van der Waals surface area contributed by atoms with Crippen molar-refractivity contribution < 1.29 is 18.4 Å². The molecular formula is C14H19F2N3O2. The van der Waals surface area contributed by atoms with Crippen molar-refractivity contribution in [3.05, 3.63) is 29.8 Å². The van der Waals surface area contributed by atoms with Crippen LogP contribution in [-0.4, -0.2) is 43.4 Å². The van der Waals surface area contributed by atoms with Crippen LogP contribution in [0.4, 0.5) is 14.5 Å². The zero-order valence-electron chi connectivity index (χ0n) is 12.1. The minimum absolute atomic E-state index is 0.0292. The lowest BCUT2D eigenvalue weighted by atomic mass is 10.3. The summed E-state index contributed by atoms with van der Waals surface area (Å²) in [6.07, 6.45) is 0.839. The van der Waals surface area contributed by atoms with Crippen molar-refractivity contribution in [2.24, 2.45) is 0 Å². The van der Waals surface area contributed by atoms with E-state index in [1.165, 1.54) is 11.0 Å². The molecule has 0 saturated heterocycles. The van der Waals surface area contributed by atoms with Gasteiger partial charge in [0.2, 0.25) is 11.8 Å². The van der Waals surface area contributed by atoms with Gasteiger partial charge in [0.25, 0.3) is 0 Å². The lowest BCUT2D eigenvalue weighted by Gasteiger charge is -2.15. The van der Waals surface area contributed by atoms with Crippen LogP contribution >= 0.6 is 0 Å². The van der Waals surface area contributed by atoms with E-state index in [2.05, 4.69) is 10.6 Å². The van der Waals surface area contributed by atoms with Gasteiger partial charge in [-0.2, -0.15) is 0 Å². The molecule has 7 heteroatoms. The van der Waals surface area contributed by atoms with Crippen molar-refractivity contribution in [3.63, 3.8) is 0 Å². The average molecular weight is 299 g/mol. The van der Waals surface area contributed by atoms with Gasteiger partial charge in [-0.1, -0.05) is 6.92 Å². The third-order valence-electron chi connectivity index (χ3n) is 2.60. The highest BCUT2D eigenvalue weighted by Gasteiger charge is 2.11. The summed E-state index contributed by atoms with van der Waals surface area (Å²) in [5, 5.41) is 5.13. The maximum Gasteiger partial charge on any atom is 0.238 e. The minimum Gasteiger partial charge on any atom is -0.355 e. The number of hydrogen-bond donors (Lipinski definition) is 2. The van der Waals surface area contributed by atoms with Gasteiger partial charge in [-0.15, -0.1) is 0 Å². The molecule has 0 unspecified atom stereocenters. The molecule has 0 spiro atoms. The molecular weight excluding hydrogens is 280 g/mol. The molecule has 0 radical (unpaired) electrons. The summed E-state index contributed by atoms with van der Waals surface area (Å²) in [4.78, 5) is 24.7. The Morgan fingerprint density at radius 3 is 2.43 bits per heavy atom. The number of halogens is 2. The van der Waals surface area contributed by atoms with Crippen molar-refractivity contribution in [1.82, 2.24) is 10.2 Å². The van der Waals surface area contributed by atoms with Gasteiger partial charge in [0.05, 0.1) is 13.1 Å². The van der Waals surface area contributed by atoms with E-state index in [-0.39, 0.29) is 24.7 Å². The second kappa shape index (κ2) is 8.31. The van der Waals surface area contributed by atoms with Crippen molar-refractivity contribution in [3.8, 4) is 0 Å². The SMILES string of the molecule is CCCNC(=O)CN(C)CC(=O)Nc1ccc(F)c(F)c1. The van der Waals surface area contributed by atoms with Gasteiger partial charge < -0.3 is 10.6 Å². The Morgan fingerprint density at radius 2 is 1.81 bits per heavy atom. The van der Waals surface area contributed by atoms with Crippen LogP contribution < -0.4 is 10.6 Å². The van der Waals surface area contributed by atoms with Gasteiger partial charge >= 0.3 is 0 Å². The highest BCUT2D eigenvalue weighted by molar-refractivity contribution is 5.92. The van der Waals surface area contributed by atoms with Crippen LogP contribution in [0.15, 0.2) is 18.2 Å². The summed E-state index contributed by atoms with van der Waals surface area (Å²) in [5.41, 5.74) is 0.169. The monoisotopic (exact) mass is 299 g/mol. The maximum atomic E-state index is 13.0. The second-order valence-electron chi connectivity index (χ2n) is 4.70. The number of amides is 2. The lowest BCUT2D eigenvalue weighted by molar-refractivity contribution is -0.122. The van der Waals surface area contributed by atoms with E-state index in [9.17, 15) is 18.4 Å². The molecule has 116 valence electrons. The Labute approximate surface area is 122 Å². The van der Waals surface area contributed by atoms with Crippen LogP contribution in [0.5, 0.6) is 0 Å². The number of nitrogens with zero attached hydrogens (tertiary/aromatic N) is 1. The van der Waals surface area contributed by atoms with Crippen LogP contribution in [0, 0.1) is 11.6 Å². The van der Waals surface area contributed by atoms with Crippen LogP contribution in [0.25, 0.3) is 0 Å². The van der Waals surface area contributed by atoms with E-state index in [0.717, 1.165) is 18.6 Å². The van der Waals surface area contributed by atoms with Crippen molar-refractivity contribution >= 4 is 17.5 Å². The standard InChI is InChI=1S/C14H19F2N3O2/c1-3-6-17-13(20)8-19(2)9-14(21)18-10-4-5-11(15)12(16)7-10/h4-5,7H,3,6,8-9H2,1-2H3,(H,17,20)(H,18,21). The molecule has 0 fully saturated rings. The molecule has 0 saturated carbocycles. The molecule has 0 aliphatic heterocycles. The molecule has 0 heterocycles. The van der Waals surface area contributed by atoms with Crippen molar-refractivity contribution in [1.29, 1.82) is 0 Å². The fraction of sp³-hybridized carbons (Fsp3) is 0.429. The predicted octanol–water partition coefficient (Wildman–Crippen LogP) is 1.36. The molecule has 0 aliphatic rings. The van der Waals surface area contributed by atoms with Crippen molar-refractivity contribution in [2.75, 3.05) is 32.0 Å². The van der Waals surface area contributed by atoms with E-state index < -0.39 is 17.5 Å². The molecule has 0 bridgehead atoms. The predicted molar refractivity (Wildman–Crippen MR) is 75.8 cm³/mol. The smallest absolute Gasteiger partial charge is 0.238 e.